The van der Waals surface area contributed by atoms with Gasteiger partial charge in [-0.2, -0.15) is 0 Å². The van der Waals surface area contributed by atoms with E-state index in [1.54, 1.807) is 13.0 Å². The normalized spacial score (nSPS) is 14.3. The molecule has 3 rings (SSSR count). The highest BCUT2D eigenvalue weighted by atomic mass is 19.1. The number of carbonyl (C=O) groups excluding carboxylic acids is 2. The highest BCUT2D eigenvalue weighted by Crippen LogP contribution is 2.29. The van der Waals surface area contributed by atoms with Gasteiger partial charge in [0, 0.05) is 36.4 Å². The van der Waals surface area contributed by atoms with Crippen LogP contribution in [0.2, 0.25) is 0 Å². The summed E-state index contributed by atoms with van der Waals surface area (Å²) < 4.78 is 17.9. The van der Waals surface area contributed by atoms with Crippen molar-refractivity contribution in [3.63, 3.8) is 0 Å². The smallest absolute Gasteiger partial charge is 0.345 e. The number of nitro benzene ring substituents is 1. The van der Waals surface area contributed by atoms with E-state index in [1.807, 2.05) is 4.90 Å². The van der Waals surface area contributed by atoms with Crippen molar-refractivity contribution in [2.45, 2.75) is 19.8 Å². The Morgan fingerprint density at radius 1 is 1.20 bits per heavy atom. The number of hydrogen-bond acceptors (Lipinski definition) is 6. The van der Waals surface area contributed by atoms with Crippen LogP contribution in [0.15, 0.2) is 42.5 Å². The molecule has 1 aliphatic rings. The lowest BCUT2D eigenvalue weighted by Gasteiger charge is -2.33. The minimum Gasteiger partial charge on any atom is -0.462 e. The monoisotopic (exact) mass is 415 g/mol. The van der Waals surface area contributed by atoms with Gasteiger partial charge in [-0.05, 0) is 56.2 Å². The van der Waals surface area contributed by atoms with E-state index in [9.17, 15) is 24.1 Å². The number of amides is 1. The molecule has 0 unspecified atom stereocenters. The Morgan fingerprint density at radius 3 is 2.47 bits per heavy atom. The number of benzene rings is 2. The zero-order valence-electron chi connectivity index (χ0n) is 16.5. The maximum absolute atomic E-state index is 13.0. The second-order valence-corrected chi connectivity index (χ2v) is 6.94. The van der Waals surface area contributed by atoms with Crippen LogP contribution in [-0.2, 0) is 9.53 Å². The summed E-state index contributed by atoms with van der Waals surface area (Å²) in [5.74, 6) is -1.43. The maximum atomic E-state index is 13.0. The molecule has 158 valence electrons. The second-order valence-electron chi connectivity index (χ2n) is 6.94. The van der Waals surface area contributed by atoms with Crippen LogP contribution in [0.5, 0.6) is 0 Å². The lowest BCUT2D eigenvalue weighted by molar-refractivity contribution is -0.385. The lowest BCUT2D eigenvalue weighted by atomic mass is 9.95. The number of anilines is 2. The van der Waals surface area contributed by atoms with E-state index in [0.29, 0.717) is 37.3 Å². The van der Waals surface area contributed by atoms with Crippen LogP contribution in [0.25, 0.3) is 0 Å². The van der Waals surface area contributed by atoms with Gasteiger partial charge in [-0.25, -0.2) is 9.18 Å². The Hall–Kier alpha value is -3.49. The third kappa shape index (κ3) is 4.91. The first-order chi connectivity index (χ1) is 14.4. The van der Waals surface area contributed by atoms with Gasteiger partial charge in [0.2, 0.25) is 5.91 Å². The highest BCUT2D eigenvalue weighted by molar-refractivity contribution is 5.95. The quantitative estimate of drug-likeness (QED) is 0.438. The van der Waals surface area contributed by atoms with Gasteiger partial charge in [0.15, 0.2) is 0 Å². The number of piperidine rings is 1. The van der Waals surface area contributed by atoms with E-state index >= 15 is 0 Å². The number of esters is 1. The molecule has 0 atom stereocenters. The largest absolute Gasteiger partial charge is 0.462 e. The van der Waals surface area contributed by atoms with Crippen molar-refractivity contribution in [1.29, 1.82) is 0 Å². The molecule has 30 heavy (non-hydrogen) atoms. The average molecular weight is 415 g/mol. The minimum atomic E-state index is -0.736. The standard InChI is InChI=1S/C21H22FN3O5/c1-2-30-21(27)18-13-17(7-8-19(18)25(28)29)24-11-9-14(10-12-24)20(26)23-16-5-3-15(22)4-6-16/h3-8,13-14H,2,9-12H2,1H3,(H,23,26). The van der Waals surface area contributed by atoms with Gasteiger partial charge >= 0.3 is 5.97 Å². The Kier molecular flexibility index (Phi) is 6.61. The summed E-state index contributed by atoms with van der Waals surface area (Å²) in [6.45, 7) is 2.87. The number of hydrogen-bond donors (Lipinski definition) is 1. The van der Waals surface area contributed by atoms with E-state index in [-0.39, 0.29) is 35.5 Å². The van der Waals surface area contributed by atoms with Crippen LogP contribution in [-0.4, -0.2) is 36.5 Å². The molecule has 1 N–H and O–H groups in total. The molecule has 0 radical (unpaired) electrons. The molecule has 8 nitrogen and oxygen atoms in total. The molecule has 0 saturated carbocycles. The zero-order valence-corrected chi connectivity index (χ0v) is 16.5. The Labute approximate surface area is 172 Å². The third-order valence-electron chi connectivity index (χ3n) is 5.01. The van der Waals surface area contributed by atoms with Crippen LogP contribution in [0.3, 0.4) is 0 Å². The molecule has 2 aromatic carbocycles. The fourth-order valence-electron chi connectivity index (χ4n) is 3.43. The van der Waals surface area contributed by atoms with E-state index in [0.717, 1.165) is 0 Å². The fourth-order valence-corrected chi connectivity index (χ4v) is 3.43. The van der Waals surface area contributed by atoms with Crippen molar-refractivity contribution in [3.8, 4) is 0 Å². The molecular formula is C21H22FN3O5. The molecule has 1 heterocycles. The van der Waals surface area contributed by atoms with E-state index < -0.39 is 10.9 Å². The summed E-state index contributed by atoms with van der Waals surface area (Å²) in [5, 5.41) is 14.0. The predicted octanol–water partition coefficient (Wildman–Crippen LogP) is 3.77. The summed E-state index contributed by atoms with van der Waals surface area (Å²) in [7, 11) is 0. The summed E-state index contributed by atoms with van der Waals surface area (Å²) in [5.41, 5.74) is 0.820. The molecule has 1 amide bonds. The molecule has 0 aromatic heterocycles. The number of nitrogens with zero attached hydrogens (tertiary/aromatic N) is 2. The highest BCUT2D eigenvalue weighted by Gasteiger charge is 2.27. The van der Waals surface area contributed by atoms with Gasteiger partial charge in [-0.1, -0.05) is 0 Å². The molecule has 0 bridgehead atoms. The van der Waals surface area contributed by atoms with Crippen molar-refractivity contribution in [2.75, 3.05) is 29.9 Å². The predicted molar refractivity (Wildman–Crippen MR) is 109 cm³/mol. The first kappa shape index (κ1) is 21.2. The van der Waals surface area contributed by atoms with Crippen molar-refractivity contribution >= 4 is 28.9 Å². The van der Waals surface area contributed by atoms with E-state index in [4.69, 9.17) is 4.74 Å². The molecule has 1 aliphatic heterocycles. The van der Waals surface area contributed by atoms with Gasteiger partial charge in [-0.3, -0.25) is 14.9 Å². The number of ether oxygens (including phenoxy) is 1. The van der Waals surface area contributed by atoms with E-state index in [1.165, 1.54) is 36.4 Å². The van der Waals surface area contributed by atoms with Crippen LogP contribution < -0.4 is 10.2 Å². The molecule has 0 spiro atoms. The maximum Gasteiger partial charge on any atom is 0.345 e. The number of halogens is 1. The van der Waals surface area contributed by atoms with Gasteiger partial charge < -0.3 is 15.0 Å². The summed E-state index contributed by atoms with van der Waals surface area (Å²) in [4.78, 5) is 37.2. The van der Waals surface area contributed by atoms with Gasteiger partial charge in [0.1, 0.15) is 11.4 Å². The Bertz CT molecular complexity index is 940. The van der Waals surface area contributed by atoms with Gasteiger partial charge in [-0.15, -0.1) is 0 Å². The van der Waals surface area contributed by atoms with E-state index in [2.05, 4.69) is 5.32 Å². The minimum absolute atomic E-state index is 0.0875. The molecule has 1 saturated heterocycles. The molecule has 0 aliphatic carbocycles. The average Bonchev–Trinajstić information content (AvgIpc) is 2.75. The summed E-state index contributed by atoms with van der Waals surface area (Å²) >= 11 is 0. The number of nitrogens with one attached hydrogen (secondary N) is 1. The molecule has 1 fully saturated rings. The van der Waals surface area contributed by atoms with Crippen LogP contribution in [0.1, 0.15) is 30.1 Å². The van der Waals surface area contributed by atoms with Gasteiger partial charge in [0.25, 0.3) is 5.69 Å². The third-order valence-corrected chi connectivity index (χ3v) is 5.01. The molecule has 2 aromatic rings. The van der Waals surface area contributed by atoms with Gasteiger partial charge in [0.05, 0.1) is 11.5 Å². The first-order valence-corrected chi connectivity index (χ1v) is 9.66. The van der Waals surface area contributed by atoms with Crippen molar-refractivity contribution in [3.05, 3.63) is 64.0 Å². The summed E-state index contributed by atoms with van der Waals surface area (Å²) in [6.07, 6.45) is 1.16. The topological polar surface area (TPSA) is 102 Å². The second kappa shape index (κ2) is 9.34. The Balaban J connectivity index is 1.66. The van der Waals surface area contributed by atoms with Crippen molar-refractivity contribution in [1.82, 2.24) is 0 Å². The van der Waals surface area contributed by atoms with Crippen LogP contribution >= 0.6 is 0 Å². The Morgan fingerprint density at radius 2 is 1.87 bits per heavy atom. The lowest BCUT2D eigenvalue weighted by Crippen LogP contribution is -2.38. The number of nitro groups is 1. The SMILES string of the molecule is CCOC(=O)c1cc(N2CCC(C(=O)Nc3ccc(F)cc3)CC2)ccc1[N+](=O)[O-]. The first-order valence-electron chi connectivity index (χ1n) is 9.66. The zero-order chi connectivity index (χ0) is 21.7. The fraction of sp³-hybridized carbons (Fsp3) is 0.333. The number of rotatable bonds is 6. The van der Waals surface area contributed by atoms with Crippen LogP contribution in [0.4, 0.5) is 21.5 Å². The number of carbonyl (C=O) groups is 2. The molecular weight excluding hydrogens is 393 g/mol. The summed E-state index contributed by atoms with van der Waals surface area (Å²) in [6, 6.07) is 9.96. The molecule has 9 heteroatoms. The van der Waals surface area contributed by atoms with Crippen LogP contribution in [0, 0.1) is 21.8 Å². The van der Waals surface area contributed by atoms with Crippen molar-refractivity contribution < 1.29 is 23.6 Å². The van der Waals surface area contributed by atoms with Crippen molar-refractivity contribution in [2.24, 2.45) is 5.92 Å².